The molecule has 0 radical (unpaired) electrons. The summed E-state index contributed by atoms with van der Waals surface area (Å²) in [6.45, 7) is 5.88. The van der Waals surface area contributed by atoms with Crippen LogP contribution in [0.3, 0.4) is 0 Å². The smallest absolute Gasteiger partial charge is 0.242 e. The molecule has 2 aromatic carbocycles. The molecule has 2 rings (SSSR count). The summed E-state index contributed by atoms with van der Waals surface area (Å²) in [5.41, 5.74) is 1.81. The molecule has 30 heavy (non-hydrogen) atoms. The van der Waals surface area contributed by atoms with Crippen LogP contribution in [0.1, 0.15) is 38.3 Å². The third kappa shape index (κ3) is 7.65. The summed E-state index contributed by atoms with van der Waals surface area (Å²) in [5, 5.41) is 3.59. The Morgan fingerprint density at radius 3 is 2.47 bits per heavy atom. The van der Waals surface area contributed by atoms with Crippen molar-refractivity contribution in [2.45, 2.75) is 51.6 Å². The zero-order chi connectivity index (χ0) is 22.1. The molecule has 0 spiro atoms. The Morgan fingerprint density at radius 1 is 1.13 bits per heavy atom. The van der Waals surface area contributed by atoms with Gasteiger partial charge in [0.2, 0.25) is 11.8 Å². The van der Waals surface area contributed by atoms with Gasteiger partial charge in [-0.25, -0.2) is 4.39 Å². The molecule has 7 heteroatoms. The molecule has 4 nitrogen and oxygen atoms in total. The lowest BCUT2D eigenvalue weighted by atomic mass is 10.1. The zero-order valence-electron chi connectivity index (χ0n) is 17.5. The highest BCUT2D eigenvalue weighted by Gasteiger charge is 2.26. The maximum absolute atomic E-state index is 13.3. The van der Waals surface area contributed by atoms with Gasteiger partial charge < -0.3 is 10.2 Å². The second-order valence-corrected chi connectivity index (χ2v) is 8.69. The van der Waals surface area contributed by atoms with Crippen LogP contribution in [0.4, 0.5) is 4.39 Å². The Bertz CT molecular complexity index is 847. The second kappa shape index (κ2) is 12.0. The highest BCUT2D eigenvalue weighted by molar-refractivity contribution is 7.99. The first-order chi connectivity index (χ1) is 14.3. The highest BCUT2D eigenvalue weighted by atomic mass is 35.5. The van der Waals surface area contributed by atoms with Gasteiger partial charge in [-0.05, 0) is 55.7 Å². The van der Waals surface area contributed by atoms with Gasteiger partial charge in [0.1, 0.15) is 11.9 Å². The molecule has 2 atom stereocenters. The summed E-state index contributed by atoms with van der Waals surface area (Å²) in [6.07, 6.45) is 0.805. The Hall–Kier alpha value is -2.05. The van der Waals surface area contributed by atoms with E-state index in [1.807, 2.05) is 38.1 Å². The van der Waals surface area contributed by atoms with Gasteiger partial charge in [0, 0.05) is 23.4 Å². The molecule has 0 bridgehead atoms. The van der Waals surface area contributed by atoms with Crippen molar-refractivity contribution >= 4 is 35.2 Å². The number of thioether (sulfide) groups is 1. The van der Waals surface area contributed by atoms with Gasteiger partial charge in [-0.1, -0.05) is 42.8 Å². The van der Waals surface area contributed by atoms with E-state index in [-0.39, 0.29) is 36.0 Å². The first-order valence-corrected chi connectivity index (χ1v) is 11.5. The molecule has 0 aliphatic rings. The van der Waals surface area contributed by atoms with Crippen molar-refractivity contribution in [3.05, 3.63) is 70.5 Å². The van der Waals surface area contributed by atoms with Gasteiger partial charge in [-0.2, -0.15) is 0 Å². The summed E-state index contributed by atoms with van der Waals surface area (Å²) in [4.78, 5) is 27.2. The van der Waals surface area contributed by atoms with Crippen molar-refractivity contribution < 1.29 is 14.0 Å². The van der Waals surface area contributed by atoms with E-state index in [0.29, 0.717) is 10.8 Å². The lowest BCUT2D eigenvalue weighted by Gasteiger charge is -2.29. The van der Waals surface area contributed by atoms with Crippen molar-refractivity contribution in [1.29, 1.82) is 0 Å². The molecule has 0 aliphatic heterocycles. The Balaban J connectivity index is 2.07. The SMILES string of the molecule is CC[C@@H](C)NC(=O)[C@@H](C)N(Cc1ccc(F)cc1)C(=O)CSCc1cccc(Cl)c1. The van der Waals surface area contributed by atoms with Crippen LogP contribution in [0.5, 0.6) is 0 Å². The quantitative estimate of drug-likeness (QED) is 0.551. The number of carbonyl (C=O) groups is 2. The number of carbonyl (C=O) groups excluding carboxylic acids is 2. The largest absolute Gasteiger partial charge is 0.352 e. The number of hydrogen-bond donors (Lipinski definition) is 1. The first kappa shape index (κ1) is 24.2. The Kier molecular flexibility index (Phi) is 9.66. The topological polar surface area (TPSA) is 49.4 Å². The normalized spacial score (nSPS) is 12.8. The third-order valence-electron chi connectivity index (χ3n) is 4.82. The Morgan fingerprint density at radius 2 is 1.83 bits per heavy atom. The van der Waals surface area contributed by atoms with Gasteiger partial charge in [0.15, 0.2) is 0 Å². The van der Waals surface area contributed by atoms with Gasteiger partial charge in [-0.3, -0.25) is 9.59 Å². The number of nitrogens with one attached hydrogen (secondary N) is 1. The number of amides is 2. The van der Waals surface area contributed by atoms with Crippen LogP contribution >= 0.6 is 23.4 Å². The van der Waals surface area contributed by atoms with E-state index >= 15 is 0 Å². The van der Waals surface area contributed by atoms with E-state index in [1.54, 1.807) is 24.0 Å². The second-order valence-electron chi connectivity index (χ2n) is 7.26. The van der Waals surface area contributed by atoms with E-state index < -0.39 is 6.04 Å². The first-order valence-electron chi connectivity index (χ1n) is 9.96. The van der Waals surface area contributed by atoms with E-state index in [0.717, 1.165) is 17.5 Å². The van der Waals surface area contributed by atoms with Gasteiger partial charge in [0.05, 0.1) is 5.75 Å². The maximum Gasteiger partial charge on any atom is 0.242 e. The predicted molar refractivity (Wildman–Crippen MR) is 122 cm³/mol. The van der Waals surface area contributed by atoms with Gasteiger partial charge in [-0.15, -0.1) is 11.8 Å². The summed E-state index contributed by atoms with van der Waals surface area (Å²) < 4.78 is 13.3. The van der Waals surface area contributed by atoms with E-state index in [4.69, 9.17) is 11.6 Å². The summed E-state index contributed by atoms with van der Waals surface area (Å²) in [5.74, 6) is 0.202. The summed E-state index contributed by atoms with van der Waals surface area (Å²) >= 11 is 7.48. The molecule has 1 N–H and O–H groups in total. The predicted octanol–water partition coefficient (Wildman–Crippen LogP) is 5.04. The van der Waals surface area contributed by atoms with Crippen LogP contribution in [0.15, 0.2) is 48.5 Å². The van der Waals surface area contributed by atoms with Crippen molar-refractivity contribution in [2.24, 2.45) is 0 Å². The molecule has 0 fully saturated rings. The van der Waals surface area contributed by atoms with Crippen LogP contribution in [-0.4, -0.2) is 34.6 Å². The number of rotatable bonds is 10. The summed E-state index contributed by atoms with van der Waals surface area (Å²) in [6, 6.07) is 12.9. The van der Waals surface area contributed by atoms with Crippen molar-refractivity contribution in [2.75, 3.05) is 5.75 Å². The average molecular weight is 451 g/mol. The molecule has 0 aromatic heterocycles. The van der Waals surface area contributed by atoms with E-state index in [2.05, 4.69) is 5.32 Å². The molecule has 0 saturated heterocycles. The standard InChI is InChI=1S/C23H28ClFN2O2S/c1-4-16(2)26-23(29)17(3)27(13-18-8-10-21(25)11-9-18)22(28)15-30-14-19-6-5-7-20(24)12-19/h5-12,16-17H,4,13-15H2,1-3H3,(H,26,29)/t16-,17-/m1/s1. The van der Waals surface area contributed by atoms with Crippen molar-refractivity contribution in [1.82, 2.24) is 10.2 Å². The minimum Gasteiger partial charge on any atom is -0.352 e. The molecule has 0 aliphatic carbocycles. The number of nitrogens with zero attached hydrogens (tertiary/aromatic N) is 1. The van der Waals surface area contributed by atoms with Gasteiger partial charge in [0.25, 0.3) is 0 Å². The van der Waals surface area contributed by atoms with Crippen LogP contribution < -0.4 is 5.32 Å². The monoisotopic (exact) mass is 450 g/mol. The van der Waals surface area contributed by atoms with Gasteiger partial charge >= 0.3 is 0 Å². The van der Waals surface area contributed by atoms with E-state index in [1.165, 1.54) is 23.9 Å². The number of halogens is 2. The fourth-order valence-electron chi connectivity index (χ4n) is 2.80. The third-order valence-corrected chi connectivity index (χ3v) is 6.04. The van der Waals surface area contributed by atoms with Crippen molar-refractivity contribution in [3.8, 4) is 0 Å². The molecule has 0 saturated carbocycles. The maximum atomic E-state index is 13.3. The molecular weight excluding hydrogens is 423 g/mol. The van der Waals surface area contributed by atoms with Crippen LogP contribution in [0, 0.1) is 5.82 Å². The molecular formula is C23H28ClFN2O2S. The molecule has 162 valence electrons. The van der Waals surface area contributed by atoms with Crippen LogP contribution in [0.25, 0.3) is 0 Å². The fraction of sp³-hybridized carbons (Fsp3) is 0.391. The van der Waals surface area contributed by atoms with Crippen molar-refractivity contribution in [3.63, 3.8) is 0 Å². The average Bonchev–Trinajstić information content (AvgIpc) is 2.72. The zero-order valence-corrected chi connectivity index (χ0v) is 19.1. The summed E-state index contributed by atoms with van der Waals surface area (Å²) in [7, 11) is 0. The number of hydrogen-bond acceptors (Lipinski definition) is 3. The molecule has 2 amide bonds. The van der Waals surface area contributed by atoms with Crippen LogP contribution in [0.2, 0.25) is 5.02 Å². The molecule has 0 unspecified atom stereocenters. The lowest BCUT2D eigenvalue weighted by molar-refractivity contribution is -0.138. The Labute approximate surface area is 187 Å². The molecule has 0 heterocycles. The minimum atomic E-state index is -0.636. The fourth-order valence-corrected chi connectivity index (χ4v) is 3.87. The lowest BCUT2D eigenvalue weighted by Crippen LogP contribution is -2.50. The van der Waals surface area contributed by atoms with Crippen LogP contribution in [-0.2, 0) is 21.9 Å². The van der Waals surface area contributed by atoms with E-state index in [9.17, 15) is 14.0 Å². The molecule has 2 aromatic rings. The highest BCUT2D eigenvalue weighted by Crippen LogP contribution is 2.18. The minimum absolute atomic E-state index is 0.0277. The number of benzene rings is 2.